The first-order valence-electron chi connectivity index (χ1n) is 10.9. The molecule has 0 saturated carbocycles. The van der Waals surface area contributed by atoms with Gasteiger partial charge in [0.1, 0.15) is 11.8 Å². The molecule has 2 atom stereocenters. The molecule has 0 unspecified atom stereocenters. The molecule has 0 aliphatic carbocycles. The lowest BCUT2D eigenvalue weighted by Crippen LogP contribution is -2.51. The second kappa shape index (κ2) is 12.1. The SMILES string of the molecule is CC[C@H](C)NC(=O)[C@H](CC)N(Cc1ccc(Cl)c(Cl)c1)C(=O)COc1cccc(C)c1C. The fourth-order valence-corrected chi connectivity index (χ4v) is 3.62. The first-order chi connectivity index (χ1) is 15.2. The molecule has 0 spiro atoms. The van der Waals surface area contributed by atoms with E-state index in [0.29, 0.717) is 22.2 Å². The average molecular weight is 479 g/mol. The van der Waals surface area contributed by atoms with Gasteiger partial charge in [-0.2, -0.15) is 0 Å². The number of amides is 2. The van der Waals surface area contributed by atoms with E-state index in [2.05, 4.69) is 5.32 Å². The Bertz CT molecular complexity index is 949. The molecule has 0 fully saturated rings. The van der Waals surface area contributed by atoms with E-state index in [1.54, 1.807) is 23.1 Å². The van der Waals surface area contributed by atoms with E-state index in [1.165, 1.54) is 0 Å². The zero-order valence-electron chi connectivity index (χ0n) is 19.4. The molecule has 1 N–H and O–H groups in total. The van der Waals surface area contributed by atoms with Gasteiger partial charge in [-0.05, 0) is 68.5 Å². The topological polar surface area (TPSA) is 58.6 Å². The molecule has 2 aromatic carbocycles. The van der Waals surface area contributed by atoms with Crippen LogP contribution in [0, 0.1) is 13.8 Å². The molecule has 2 aromatic rings. The average Bonchev–Trinajstić information content (AvgIpc) is 2.76. The summed E-state index contributed by atoms with van der Waals surface area (Å²) in [6.07, 6.45) is 1.28. The van der Waals surface area contributed by atoms with Gasteiger partial charge in [-0.1, -0.05) is 55.2 Å². The van der Waals surface area contributed by atoms with Crippen molar-refractivity contribution < 1.29 is 14.3 Å². The molecule has 0 aliphatic heterocycles. The van der Waals surface area contributed by atoms with Gasteiger partial charge in [0.05, 0.1) is 10.0 Å². The zero-order valence-corrected chi connectivity index (χ0v) is 20.9. The van der Waals surface area contributed by atoms with Gasteiger partial charge in [-0.15, -0.1) is 0 Å². The second-order valence-corrected chi connectivity index (χ2v) is 8.81. The van der Waals surface area contributed by atoms with Crippen LogP contribution >= 0.6 is 23.2 Å². The molecule has 2 rings (SSSR count). The highest BCUT2D eigenvalue weighted by molar-refractivity contribution is 6.42. The van der Waals surface area contributed by atoms with E-state index >= 15 is 0 Å². The summed E-state index contributed by atoms with van der Waals surface area (Å²) in [4.78, 5) is 27.8. The van der Waals surface area contributed by atoms with Crippen LogP contribution in [0.4, 0.5) is 0 Å². The molecule has 32 heavy (non-hydrogen) atoms. The van der Waals surface area contributed by atoms with Gasteiger partial charge in [0.2, 0.25) is 5.91 Å². The molecule has 2 amide bonds. The molecule has 0 radical (unpaired) electrons. The predicted octanol–water partition coefficient (Wildman–Crippen LogP) is 5.71. The highest BCUT2D eigenvalue weighted by atomic mass is 35.5. The van der Waals surface area contributed by atoms with E-state index in [1.807, 2.05) is 52.8 Å². The first-order valence-corrected chi connectivity index (χ1v) is 11.7. The number of aryl methyl sites for hydroxylation is 1. The van der Waals surface area contributed by atoms with Crippen molar-refractivity contribution in [1.29, 1.82) is 0 Å². The van der Waals surface area contributed by atoms with E-state index < -0.39 is 6.04 Å². The van der Waals surface area contributed by atoms with Crippen molar-refractivity contribution in [3.8, 4) is 5.75 Å². The Hall–Kier alpha value is -2.24. The van der Waals surface area contributed by atoms with E-state index in [4.69, 9.17) is 27.9 Å². The monoisotopic (exact) mass is 478 g/mol. The highest BCUT2D eigenvalue weighted by Crippen LogP contribution is 2.25. The third kappa shape index (κ3) is 6.88. The van der Waals surface area contributed by atoms with Crippen molar-refractivity contribution in [2.45, 2.75) is 66.1 Å². The number of nitrogens with zero attached hydrogens (tertiary/aromatic N) is 1. The molecule has 7 heteroatoms. The molecular weight excluding hydrogens is 447 g/mol. The van der Waals surface area contributed by atoms with Crippen molar-refractivity contribution in [2.24, 2.45) is 0 Å². The smallest absolute Gasteiger partial charge is 0.261 e. The van der Waals surface area contributed by atoms with Crippen molar-refractivity contribution in [3.63, 3.8) is 0 Å². The van der Waals surface area contributed by atoms with Crippen LogP contribution in [0.3, 0.4) is 0 Å². The van der Waals surface area contributed by atoms with Crippen molar-refractivity contribution in [1.82, 2.24) is 10.2 Å². The summed E-state index contributed by atoms with van der Waals surface area (Å²) in [5, 5.41) is 3.83. The number of hydrogen-bond acceptors (Lipinski definition) is 3. The number of benzene rings is 2. The standard InChI is InChI=1S/C25H32Cl2N2O3/c1-6-17(4)28-25(31)22(7-2)29(14-19-11-12-20(26)21(27)13-19)24(30)15-32-23-10-8-9-16(3)18(23)5/h8-13,17,22H,6-7,14-15H2,1-5H3,(H,28,31)/t17-,22-/m0/s1. The summed E-state index contributed by atoms with van der Waals surface area (Å²) < 4.78 is 5.85. The lowest BCUT2D eigenvalue weighted by Gasteiger charge is -2.31. The summed E-state index contributed by atoms with van der Waals surface area (Å²) in [6.45, 7) is 9.84. The lowest BCUT2D eigenvalue weighted by molar-refractivity contribution is -0.143. The Morgan fingerprint density at radius 1 is 1.06 bits per heavy atom. The maximum Gasteiger partial charge on any atom is 0.261 e. The minimum absolute atomic E-state index is 0.0182. The predicted molar refractivity (Wildman–Crippen MR) is 130 cm³/mol. The normalized spacial score (nSPS) is 12.7. The van der Waals surface area contributed by atoms with Gasteiger partial charge in [0.25, 0.3) is 5.91 Å². The fraction of sp³-hybridized carbons (Fsp3) is 0.440. The summed E-state index contributed by atoms with van der Waals surface area (Å²) >= 11 is 12.2. The number of halogens is 2. The number of ether oxygens (including phenoxy) is 1. The molecule has 0 aromatic heterocycles. The number of nitrogens with one attached hydrogen (secondary N) is 1. The summed E-state index contributed by atoms with van der Waals surface area (Å²) in [5.41, 5.74) is 2.86. The third-order valence-corrected chi connectivity index (χ3v) is 6.37. The summed E-state index contributed by atoms with van der Waals surface area (Å²) in [6, 6.07) is 10.3. The van der Waals surface area contributed by atoms with Crippen molar-refractivity contribution in [3.05, 3.63) is 63.1 Å². The van der Waals surface area contributed by atoms with Crippen LogP contribution in [0.25, 0.3) is 0 Å². The molecule has 0 saturated heterocycles. The molecule has 0 aliphatic rings. The van der Waals surface area contributed by atoms with Gasteiger partial charge < -0.3 is 15.0 Å². The number of hydrogen-bond donors (Lipinski definition) is 1. The van der Waals surface area contributed by atoms with Gasteiger partial charge in [0, 0.05) is 12.6 Å². The zero-order chi connectivity index (χ0) is 23.8. The number of carbonyl (C=O) groups is 2. The molecule has 0 heterocycles. The van der Waals surface area contributed by atoms with E-state index in [9.17, 15) is 9.59 Å². The maximum atomic E-state index is 13.3. The van der Waals surface area contributed by atoms with Crippen molar-refractivity contribution in [2.75, 3.05) is 6.61 Å². The second-order valence-electron chi connectivity index (χ2n) is 8.00. The molecule has 174 valence electrons. The minimum atomic E-state index is -0.631. The quantitative estimate of drug-likeness (QED) is 0.475. The van der Waals surface area contributed by atoms with E-state index in [0.717, 1.165) is 23.1 Å². The van der Waals surface area contributed by atoms with Crippen LogP contribution in [0.2, 0.25) is 10.0 Å². The Labute approximate surface area is 201 Å². The first kappa shape index (κ1) is 26.0. The fourth-order valence-electron chi connectivity index (χ4n) is 3.30. The van der Waals surface area contributed by atoms with Gasteiger partial charge >= 0.3 is 0 Å². The van der Waals surface area contributed by atoms with Crippen LogP contribution in [0.15, 0.2) is 36.4 Å². The largest absolute Gasteiger partial charge is 0.483 e. The van der Waals surface area contributed by atoms with Crippen molar-refractivity contribution >= 4 is 35.0 Å². The molecular formula is C25H32Cl2N2O3. The van der Waals surface area contributed by atoms with Gasteiger partial charge in [-0.25, -0.2) is 0 Å². The van der Waals surface area contributed by atoms with Crippen LogP contribution < -0.4 is 10.1 Å². The minimum Gasteiger partial charge on any atom is -0.483 e. The van der Waals surface area contributed by atoms with E-state index in [-0.39, 0.29) is 31.0 Å². The Morgan fingerprint density at radius 2 is 1.78 bits per heavy atom. The Balaban J connectivity index is 2.28. The Kier molecular flexibility index (Phi) is 9.85. The lowest BCUT2D eigenvalue weighted by atomic mass is 10.1. The van der Waals surface area contributed by atoms with Crippen LogP contribution in [0.5, 0.6) is 5.75 Å². The summed E-state index contributed by atoms with van der Waals surface area (Å²) in [5.74, 6) is 0.204. The highest BCUT2D eigenvalue weighted by Gasteiger charge is 2.29. The maximum absolute atomic E-state index is 13.3. The third-order valence-electron chi connectivity index (χ3n) is 5.63. The van der Waals surface area contributed by atoms with Crippen LogP contribution in [0.1, 0.15) is 50.3 Å². The van der Waals surface area contributed by atoms with Gasteiger partial charge in [-0.3, -0.25) is 9.59 Å². The molecule has 5 nitrogen and oxygen atoms in total. The number of rotatable bonds is 10. The van der Waals surface area contributed by atoms with Crippen LogP contribution in [-0.2, 0) is 16.1 Å². The molecule has 0 bridgehead atoms. The van der Waals surface area contributed by atoms with Crippen LogP contribution in [-0.4, -0.2) is 35.4 Å². The van der Waals surface area contributed by atoms with Gasteiger partial charge in [0.15, 0.2) is 6.61 Å². The summed E-state index contributed by atoms with van der Waals surface area (Å²) in [7, 11) is 0. The Morgan fingerprint density at radius 3 is 2.41 bits per heavy atom. The number of carbonyl (C=O) groups excluding carboxylic acids is 2.